The van der Waals surface area contributed by atoms with Gasteiger partial charge in [-0.25, -0.2) is 4.85 Å². The van der Waals surface area contributed by atoms with Gasteiger partial charge >= 0.3 is 0 Å². The molecule has 2 heteroatoms. The second-order valence-electron chi connectivity index (χ2n) is 6.42. The zero-order valence-corrected chi connectivity index (χ0v) is 13.8. The largest absolute Gasteiger partial charge is 0.311 e. The van der Waals surface area contributed by atoms with Gasteiger partial charge < -0.3 is 4.57 Å². The van der Waals surface area contributed by atoms with Crippen LogP contribution in [0.3, 0.4) is 0 Å². The standard InChI is InChI=1S/C22H18N2/c1-15(2)16-12-17(23-3)14-18(13-16)24-21-10-6-4-8-19(21)20-9-5-7-11-22(20)24/h4-15H,1-2H3. The molecule has 0 bridgehead atoms. The number of rotatable bonds is 2. The Morgan fingerprint density at radius 3 is 1.96 bits per heavy atom. The predicted molar refractivity (Wildman–Crippen MR) is 101 cm³/mol. The zero-order valence-electron chi connectivity index (χ0n) is 13.8. The summed E-state index contributed by atoms with van der Waals surface area (Å²) in [5.41, 5.74) is 5.30. The number of benzene rings is 3. The Hall–Kier alpha value is -3.05. The molecular weight excluding hydrogens is 292 g/mol. The number of fused-ring (bicyclic) bond motifs is 3. The van der Waals surface area contributed by atoms with Crippen LogP contribution < -0.4 is 0 Å². The number of para-hydroxylation sites is 2. The fourth-order valence-corrected chi connectivity index (χ4v) is 3.35. The van der Waals surface area contributed by atoms with Crippen molar-refractivity contribution in [3.05, 3.63) is 83.7 Å². The van der Waals surface area contributed by atoms with Gasteiger partial charge in [-0.2, -0.15) is 0 Å². The Bertz CT molecular complexity index is 1040. The maximum absolute atomic E-state index is 7.45. The summed E-state index contributed by atoms with van der Waals surface area (Å²) in [5.74, 6) is 0.388. The van der Waals surface area contributed by atoms with E-state index in [0.29, 0.717) is 11.6 Å². The van der Waals surface area contributed by atoms with Crippen LogP contribution in [-0.4, -0.2) is 4.57 Å². The highest BCUT2D eigenvalue weighted by molar-refractivity contribution is 6.09. The summed E-state index contributed by atoms with van der Waals surface area (Å²) in [6.45, 7) is 11.8. The minimum atomic E-state index is 0.388. The van der Waals surface area contributed by atoms with Gasteiger partial charge in [-0.05, 0) is 30.2 Å². The number of aromatic nitrogens is 1. The van der Waals surface area contributed by atoms with Crippen molar-refractivity contribution in [3.8, 4) is 5.69 Å². The van der Waals surface area contributed by atoms with Gasteiger partial charge in [0.25, 0.3) is 0 Å². The maximum Gasteiger partial charge on any atom is 0.189 e. The Morgan fingerprint density at radius 1 is 0.833 bits per heavy atom. The van der Waals surface area contributed by atoms with Crippen molar-refractivity contribution in [1.29, 1.82) is 0 Å². The van der Waals surface area contributed by atoms with Crippen LogP contribution in [0.5, 0.6) is 0 Å². The topological polar surface area (TPSA) is 9.29 Å². The smallest absolute Gasteiger partial charge is 0.189 e. The van der Waals surface area contributed by atoms with Gasteiger partial charge in [0.2, 0.25) is 0 Å². The Balaban J connectivity index is 2.13. The molecule has 0 aliphatic carbocycles. The lowest BCUT2D eigenvalue weighted by atomic mass is 10.0. The molecule has 0 atom stereocenters. The van der Waals surface area contributed by atoms with Crippen LogP contribution in [0.1, 0.15) is 25.3 Å². The van der Waals surface area contributed by atoms with Crippen LogP contribution in [0.15, 0.2) is 66.7 Å². The van der Waals surface area contributed by atoms with E-state index in [1.807, 2.05) is 12.1 Å². The van der Waals surface area contributed by atoms with Gasteiger partial charge in [0, 0.05) is 16.5 Å². The van der Waals surface area contributed by atoms with E-state index in [2.05, 4.69) is 77.9 Å². The first-order chi connectivity index (χ1) is 11.7. The summed E-state index contributed by atoms with van der Waals surface area (Å²) in [5, 5.41) is 2.49. The van der Waals surface area contributed by atoms with Gasteiger partial charge in [-0.3, -0.25) is 0 Å². The van der Waals surface area contributed by atoms with E-state index in [-0.39, 0.29) is 0 Å². The van der Waals surface area contributed by atoms with Crippen molar-refractivity contribution < 1.29 is 0 Å². The Labute approximate surface area is 141 Å². The molecule has 116 valence electrons. The summed E-state index contributed by atoms with van der Waals surface area (Å²) in [4.78, 5) is 3.68. The van der Waals surface area contributed by atoms with E-state index in [1.54, 1.807) is 0 Å². The lowest BCUT2D eigenvalue weighted by Gasteiger charge is -2.13. The molecule has 0 aliphatic rings. The molecule has 0 saturated carbocycles. The second-order valence-corrected chi connectivity index (χ2v) is 6.42. The summed E-state index contributed by atoms with van der Waals surface area (Å²) in [7, 11) is 0. The summed E-state index contributed by atoms with van der Waals surface area (Å²) < 4.78 is 2.27. The molecule has 0 spiro atoms. The average molecular weight is 310 g/mol. The molecule has 1 heterocycles. The van der Waals surface area contributed by atoms with Gasteiger partial charge in [0.05, 0.1) is 17.6 Å². The number of hydrogen-bond donors (Lipinski definition) is 0. The normalized spacial score (nSPS) is 11.2. The van der Waals surface area contributed by atoms with Crippen molar-refractivity contribution in [3.63, 3.8) is 0 Å². The molecule has 24 heavy (non-hydrogen) atoms. The van der Waals surface area contributed by atoms with Crippen LogP contribution in [0, 0.1) is 6.57 Å². The third-order valence-electron chi connectivity index (χ3n) is 4.56. The van der Waals surface area contributed by atoms with Crippen LogP contribution >= 0.6 is 0 Å². The quantitative estimate of drug-likeness (QED) is 0.376. The fraction of sp³-hybridized carbons (Fsp3) is 0.136. The summed E-state index contributed by atoms with van der Waals surface area (Å²) >= 11 is 0. The zero-order chi connectivity index (χ0) is 16.7. The van der Waals surface area contributed by atoms with Crippen LogP contribution in [0.25, 0.3) is 32.3 Å². The van der Waals surface area contributed by atoms with Crippen molar-refractivity contribution in [2.24, 2.45) is 0 Å². The molecule has 3 aromatic carbocycles. The van der Waals surface area contributed by atoms with Crippen molar-refractivity contribution in [2.75, 3.05) is 0 Å². The molecular formula is C22H18N2. The maximum atomic E-state index is 7.45. The van der Waals surface area contributed by atoms with E-state index in [9.17, 15) is 0 Å². The van der Waals surface area contributed by atoms with E-state index in [1.165, 1.54) is 27.4 Å². The Kier molecular flexibility index (Phi) is 3.36. The molecule has 0 saturated heterocycles. The lowest BCUT2D eigenvalue weighted by Crippen LogP contribution is -1.96. The molecule has 4 aromatic rings. The molecule has 4 rings (SSSR count). The summed E-state index contributed by atoms with van der Waals surface area (Å²) in [6.07, 6.45) is 0. The van der Waals surface area contributed by atoms with E-state index < -0.39 is 0 Å². The second kappa shape index (κ2) is 5.54. The molecule has 0 fully saturated rings. The first kappa shape index (κ1) is 14.5. The van der Waals surface area contributed by atoms with Crippen molar-refractivity contribution in [1.82, 2.24) is 4.57 Å². The van der Waals surface area contributed by atoms with Crippen molar-refractivity contribution >= 4 is 27.5 Å². The average Bonchev–Trinajstić information content (AvgIpc) is 2.96. The molecule has 2 nitrogen and oxygen atoms in total. The highest BCUT2D eigenvalue weighted by atomic mass is 15.0. The van der Waals surface area contributed by atoms with Crippen LogP contribution in [0.2, 0.25) is 0 Å². The van der Waals surface area contributed by atoms with E-state index in [0.717, 1.165) is 5.69 Å². The SMILES string of the molecule is [C-]#[N+]c1cc(C(C)C)cc(-n2c3ccccc3c3ccccc32)c1. The van der Waals surface area contributed by atoms with Gasteiger partial charge in [-0.15, -0.1) is 0 Å². The highest BCUT2D eigenvalue weighted by Crippen LogP contribution is 2.34. The van der Waals surface area contributed by atoms with Crippen LogP contribution in [-0.2, 0) is 0 Å². The molecule has 0 amide bonds. The summed E-state index contributed by atoms with van der Waals surface area (Å²) in [6, 6.07) is 23.1. The monoisotopic (exact) mass is 310 g/mol. The predicted octanol–water partition coefficient (Wildman–Crippen LogP) is 6.46. The van der Waals surface area contributed by atoms with E-state index in [4.69, 9.17) is 6.57 Å². The molecule has 1 aromatic heterocycles. The van der Waals surface area contributed by atoms with Gasteiger partial charge in [-0.1, -0.05) is 61.9 Å². The fourth-order valence-electron chi connectivity index (χ4n) is 3.35. The molecule has 0 radical (unpaired) electrons. The molecule has 0 unspecified atom stereocenters. The number of hydrogen-bond acceptors (Lipinski definition) is 0. The molecule has 0 aliphatic heterocycles. The van der Waals surface area contributed by atoms with Crippen LogP contribution in [0.4, 0.5) is 5.69 Å². The third kappa shape index (κ3) is 2.18. The first-order valence-electron chi connectivity index (χ1n) is 8.20. The number of nitrogens with zero attached hydrogens (tertiary/aromatic N) is 2. The third-order valence-corrected chi connectivity index (χ3v) is 4.56. The van der Waals surface area contributed by atoms with E-state index >= 15 is 0 Å². The molecule has 0 N–H and O–H groups in total. The van der Waals surface area contributed by atoms with Gasteiger partial charge in [0.1, 0.15) is 0 Å². The minimum Gasteiger partial charge on any atom is -0.311 e. The highest BCUT2D eigenvalue weighted by Gasteiger charge is 2.13. The van der Waals surface area contributed by atoms with Crippen molar-refractivity contribution in [2.45, 2.75) is 19.8 Å². The Morgan fingerprint density at radius 2 is 1.42 bits per heavy atom. The minimum absolute atomic E-state index is 0.388. The lowest BCUT2D eigenvalue weighted by molar-refractivity contribution is 0.865. The van der Waals surface area contributed by atoms with Gasteiger partial charge in [0.15, 0.2) is 5.69 Å². The first-order valence-corrected chi connectivity index (χ1v) is 8.20.